The molecule has 5 nitrogen and oxygen atoms in total. The molecular formula is C14H24N4O. The summed E-state index contributed by atoms with van der Waals surface area (Å²) in [6.45, 7) is 4.79. The fourth-order valence-corrected chi connectivity index (χ4v) is 2.28. The molecule has 0 saturated carbocycles. The van der Waals surface area contributed by atoms with E-state index in [0.717, 1.165) is 31.9 Å². The molecule has 1 aromatic rings. The first-order chi connectivity index (χ1) is 9.22. The minimum Gasteiger partial charge on any atom is -0.497 e. The number of nitrogens with zero attached hydrogens (tertiary/aromatic N) is 2. The highest BCUT2D eigenvalue weighted by Crippen LogP contribution is 2.19. The van der Waals surface area contributed by atoms with Crippen LogP contribution in [-0.2, 0) is 0 Å². The lowest BCUT2D eigenvalue weighted by Crippen LogP contribution is -2.52. The molecule has 1 unspecified atom stereocenters. The highest BCUT2D eigenvalue weighted by Gasteiger charge is 2.18. The van der Waals surface area contributed by atoms with Crippen LogP contribution in [0, 0.1) is 0 Å². The monoisotopic (exact) mass is 264 g/mol. The van der Waals surface area contributed by atoms with E-state index in [0.29, 0.717) is 6.54 Å². The van der Waals surface area contributed by atoms with Crippen molar-refractivity contribution < 1.29 is 4.74 Å². The predicted molar refractivity (Wildman–Crippen MR) is 77.0 cm³/mol. The summed E-state index contributed by atoms with van der Waals surface area (Å²) < 4.78 is 5.26. The van der Waals surface area contributed by atoms with Crippen molar-refractivity contribution in [3.8, 4) is 5.75 Å². The number of piperazine rings is 1. The van der Waals surface area contributed by atoms with E-state index >= 15 is 0 Å². The van der Waals surface area contributed by atoms with Crippen molar-refractivity contribution in [2.75, 3.05) is 46.9 Å². The van der Waals surface area contributed by atoms with E-state index in [9.17, 15) is 0 Å². The fraction of sp³-hybridized carbons (Fsp3) is 0.571. The SMILES string of the molecule is COc1cccc(C(CN)NN2CCN(C)CC2)c1. The van der Waals surface area contributed by atoms with Crippen molar-refractivity contribution in [1.29, 1.82) is 0 Å². The number of methoxy groups -OCH3 is 1. The van der Waals surface area contributed by atoms with Gasteiger partial charge in [-0.3, -0.25) is 0 Å². The van der Waals surface area contributed by atoms with E-state index < -0.39 is 0 Å². The van der Waals surface area contributed by atoms with E-state index in [-0.39, 0.29) is 6.04 Å². The number of likely N-dealkylation sites (N-methyl/N-ethyl adjacent to an activating group) is 1. The van der Waals surface area contributed by atoms with Crippen LogP contribution < -0.4 is 15.9 Å². The number of nitrogens with two attached hydrogens (primary N) is 1. The predicted octanol–water partition coefficient (Wildman–Crippen LogP) is 0.447. The molecule has 1 saturated heterocycles. The van der Waals surface area contributed by atoms with Crippen LogP contribution in [0.15, 0.2) is 24.3 Å². The van der Waals surface area contributed by atoms with Crippen LogP contribution in [0.3, 0.4) is 0 Å². The molecule has 1 aromatic carbocycles. The number of rotatable bonds is 5. The van der Waals surface area contributed by atoms with Gasteiger partial charge in [0, 0.05) is 32.7 Å². The number of nitrogens with one attached hydrogen (secondary N) is 1. The Labute approximate surface area is 115 Å². The first-order valence-corrected chi connectivity index (χ1v) is 6.76. The Morgan fingerprint density at radius 1 is 1.32 bits per heavy atom. The molecule has 19 heavy (non-hydrogen) atoms. The zero-order valence-electron chi connectivity index (χ0n) is 11.8. The molecule has 0 aliphatic carbocycles. The zero-order chi connectivity index (χ0) is 13.7. The van der Waals surface area contributed by atoms with Gasteiger partial charge in [-0.05, 0) is 24.7 Å². The summed E-state index contributed by atoms with van der Waals surface area (Å²) in [5.41, 5.74) is 10.6. The molecular weight excluding hydrogens is 240 g/mol. The van der Waals surface area contributed by atoms with E-state index in [1.54, 1.807) is 7.11 Å². The van der Waals surface area contributed by atoms with Gasteiger partial charge in [0.15, 0.2) is 0 Å². The highest BCUT2D eigenvalue weighted by atomic mass is 16.5. The average Bonchev–Trinajstić information content (AvgIpc) is 2.46. The minimum absolute atomic E-state index is 0.138. The van der Waals surface area contributed by atoms with Crippen molar-refractivity contribution in [3.05, 3.63) is 29.8 Å². The first kappa shape index (κ1) is 14.3. The van der Waals surface area contributed by atoms with Crippen LogP contribution >= 0.6 is 0 Å². The summed E-state index contributed by atoms with van der Waals surface area (Å²) in [6.07, 6.45) is 0. The van der Waals surface area contributed by atoms with Gasteiger partial charge in [0.05, 0.1) is 13.2 Å². The minimum atomic E-state index is 0.138. The third-order valence-corrected chi connectivity index (χ3v) is 3.57. The first-order valence-electron chi connectivity index (χ1n) is 6.76. The summed E-state index contributed by atoms with van der Waals surface area (Å²) in [6, 6.07) is 8.22. The quantitative estimate of drug-likeness (QED) is 0.808. The van der Waals surface area contributed by atoms with Crippen molar-refractivity contribution in [2.45, 2.75) is 6.04 Å². The Morgan fingerprint density at radius 2 is 2.05 bits per heavy atom. The maximum absolute atomic E-state index is 5.90. The third kappa shape index (κ3) is 3.91. The van der Waals surface area contributed by atoms with Crippen LogP contribution in [0.5, 0.6) is 5.75 Å². The Kier molecular flexibility index (Phi) is 5.15. The number of ether oxygens (including phenoxy) is 1. The van der Waals surface area contributed by atoms with Crippen molar-refractivity contribution >= 4 is 0 Å². The van der Waals surface area contributed by atoms with Crippen molar-refractivity contribution in [1.82, 2.24) is 15.3 Å². The second-order valence-electron chi connectivity index (χ2n) is 4.98. The lowest BCUT2D eigenvalue weighted by Gasteiger charge is -2.35. The van der Waals surface area contributed by atoms with E-state index in [1.165, 1.54) is 5.56 Å². The van der Waals surface area contributed by atoms with E-state index in [1.807, 2.05) is 18.2 Å². The van der Waals surface area contributed by atoms with Gasteiger partial charge in [-0.15, -0.1) is 0 Å². The Hall–Kier alpha value is -1.14. The molecule has 0 radical (unpaired) electrons. The van der Waals surface area contributed by atoms with Gasteiger partial charge in [0.25, 0.3) is 0 Å². The molecule has 1 aliphatic heterocycles. The standard InChI is InChI=1S/C14H24N4O/c1-17-6-8-18(9-7-17)16-14(11-15)12-4-3-5-13(10-12)19-2/h3-5,10,14,16H,6-9,11,15H2,1-2H3. The highest BCUT2D eigenvalue weighted by molar-refractivity contribution is 5.30. The largest absolute Gasteiger partial charge is 0.497 e. The Morgan fingerprint density at radius 3 is 2.68 bits per heavy atom. The maximum Gasteiger partial charge on any atom is 0.119 e. The summed E-state index contributed by atoms with van der Waals surface area (Å²) in [4.78, 5) is 2.33. The molecule has 2 rings (SSSR count). The normalized spacial score (nSPS) is 19.3. The summed E-state index contributed by atoms with van der Waals surface area (Å²) in [5, 5.41) is 2.26. The number of hydrogen-bond acceptors (Lipinski definition) is 5. The molecule has 1 heterocycles. The van der Waals surface area contributed by atoms with Gasteiger partial charge < -0.3 is 15.4 Å². The lowest BCUT2D eigenvalue weighted by atomic mass is 10.1. The zero-order valence-corrected chi connectivity index (χ0v) is 11.8. The van der Waals surface area contributed by atoms with Gasteiger partial charge >= 0.3 is 0 Å². The number of hydrazine groups is 1. The molecule has 3 N–H and O–H groups in total. The van der Waals surface area contributed by atoms with Gasteiger partial charge in [-0.2, -0.15) is 0 Å². The van der Waals surface area contributed by atoms with Gasteiger partial charge in [-0.25, -0.2) is 10.4 Å². The second kappa shape index (κ2) is 6.86. The van der Waals surface area contributed by atoms with Crippen LogP contribution in [-0.4, -0.2) is 56.8 Å². The van der Waals surface area contributed by atoms with Crippen molar-refractivity contribution in [2.24, 2.45) is 5.73 Å². The molecule has 5 heteroatoms. The average molecular weight is 264 g/mol. The summed E-state index contributed by atoms with van der Waals surface area (Å²) in [7, 11) is 3.84. The fourth-order valence-electron chi connectivity index (χ4n) is 2.28. The number of benzene rings is 1. The maximum atomic E-state index is 5.90. The van der Waals surface area contributed by atoms with Crippen LogP contribution in [0.1, 0.15) is 11.6 Å². The smallest absolute Gasteiger partial charge is 0.119 e. The summed E-state index contributed by atoms with van der Waals surface area (Å²) >= 11 is 0. The van der Waals surface area contributed by atoms with E-state index in [4.69, 9.17) is 10.5 Å². The van der Waals surface area contributed by atoms with Gasteiger partial charge in [-0.1, -0.05) is 12.1 Å². The van der Waals surface area contributed by atoms with Gasteiger partial charge in [0.1, 0.15) is 5.75 Å². The second-order valence-corrected chi connectivity index (χ2v) is 4.98. The Balaban J connectivity index is 1.99. The molecule has 0 bridgehead atoms. The van der Waals surface area contributed by atoms with Crippen LogP contribution in [0.25, 0.3) is 0 Å². The van der Waals surface area contributed by atoms with Gasteiger partial charge in [0.2, 0.25) is 0 Å². The van der Waals surface area contributed by atoms with Crippen LogP contribution in [0.4, 0.5) is 0 Å². The van der Waals surface area contributed by atoms with E-state index in [2.05, 4.69) is 28.4 Å². The topological polar surface area (TPSA) is 53.8 Å². The molecule has 0 spiro atoms. The van der Waals surface area contributed by atoms with Crippen LogP contribution in [0.2, 0.25) is 0 Å². The van der Waals surface area contributed by atoms with Crippen molar-refractivity contribution in [3.63, 3.8) is 0 Å². The lowest BCUT2D eigenvalue weighted by molar-refractivity contribution is 0.0880. The third-order valence-electron chi connectivity index (χ3n) is 3.57. The molecule has 106 valence electrons. The molecule has 1 atom stereocenters. The Bertz CT molecular complexity index is 391. The molecule has 0 aromatic heterocycles. The number of hydrogen-bond donors (Lipinski definition) is 2. The molecule has 0 amide bonds. The summed E-state index contributed by atoms with van der Waals surface area (Å²) in [5.74, 6) is 0.871. The molecule has 1 aliphatic rings. The molecule has 1 fully saturated rings.